The number of fused-ring (bicyclic) bond motifs is 2. The number of ether oxygens (including phenoxy) is 1. The average Bonchev–Trinajstić information content (AvgIpc) is 3.11. The zero-order valence-electron chi connectivity index (χ0n) is 17.7. The van der Waals surface area contributed by atoms with E-state index in [-0.39, 0.29) is 27.7 Å². The Bertz CT molecular complexity index is 1490. The van der Waals surface area contributed by atoms with Gasteiger partial charge in [0.25, 0.3) is 5.91 Å². The Morgan fingerprint density at radius 2 is 1.85 bits per heavy atom. The first-order valence-corrected chi connectivity index (χ1v) is 10.5. The minimum absolute atomic E-state index is 0.0415. The normalized spacial score (nSPS) is 15.1. The van der Waals surface area contributed by atoms with Crippen LogP contribution in [0.2, 0.25) is 5.02 Å². The van der Waals surface area contributed by atoms with Crippen LogP contribution in [0, 0.1) is 6.92 Å². The molecule has 1 aliphatic rings. The minimum Gasteiger partial charge on any atom is -0.465 e. The molecule has 0 bridgehead atoms. The number of amides is 1. The third kappa shape index (κ3) is 3.37. The second-order valence-corrected chi connectivity index (χ2v) is 8.08. The number of rotatable bonds is 3. The summed E-state index contributed by atoms with van der Waals surface area (Å²) in [6, 6.07) is 15.7. The van der Waals surface area contributed by atoms with E-state index in [2.05, 4.69) is 4.98 Å². The van der Waals surface area contributed by atoms with E-state index in [1.54, 1.807) is 48.5 Å². The molecule has 0 spiro atoms. The average molecular weight is 461 g/mol. The zero-order valence-corrected chi connectivity index (χ0v) is 18.4. The summed E-state index contributed by atoms with van der Waals surface area (Å²) in [5.74, 6) is -0.615. The molecule has 5 rings (SSSR count). The molecule has 2 aromatic carbocycles. The molecular weight excluding hydrogens is 444 g/mol. The molecule has 2 aromatic heterocycles. The fourth-order valence-electron chi connectivity index (χ4n) is 4.08. The van der Waals surface area contributed by atoms with Crippen LogP contribution in [-0.2, 0) is 4.74 Å². The van der Waals surface area contributed by atoms with Gasteiger partial charge in [-0.25, -0.2) is 9.78 Å². The van der Waals surface area contributed by atoms with E-state index in [0.29, 0.717) is 27.7 Å². The monoisotopic (exact) mass is 460 g/mol. The number of hydrogen-bond acceptors (Lipinski definition) is 6. The molecule has 0 saturated carbocycles. The van der Waals surface area contributed by atoms with E-state index >= 15 is 0 Å². The van der Waals surface area contributed by atoms with E-state index in [9.17, 15) is 14.4 Å². The lowest BCUT2D eigenvalue weighted by Crippen LogP contribution is -2.30. The molecule has 0 saturated heterocycles. The second kappa shape index (κ2) is 7.86. The number of benzene rings is 2. The molecule has 0 fully saturated rings. The van der Waals surface area contributed by atoms with Gasteiger partial charge in [-0.2, -0.15) is 0 Å². The number of esters is 1. The van der Waals surface area contributed by atoms with Crippen molar-refractivity contribution in [3.63, 3.8) is 0 Å². The van der Waals surface area contributed by atoms with Gasteiger partial charge in [-0.15, -0.1) is 0 Å². The molecule has 0 radical (unpaired) electrons. The van der Waals surface area contributed by atoms with Crippen LogP contribution in [0.3, 0.4) is 0 Å². The highest BCUT2D eigenvalue weighted by Gasteiger charge is 2.44. The topological polar surface area (TPSA) is 89.7 Å². The van der Waals surface area contributed by atoms with Gasteiger partial charge >= 0.3 is 5.97 Å². The third-order valence-electron chi connectivity index (χ3n) is 5.60. The lowest BCUT2D eigenvalue weighted by atomic mass is 9.97. The first kappa shape index (κ1) is 20.9. The maximum atomic E-state index is 13.6. The SMILES string of the molecule is COC(=O)c1ccc(C2c3c(oc4ccc(Cl)cc4c3=O)C(=O)N2c2cccc(C)n2)cc1. The van der Waals surface area contributed by atoms with Gasteiger partial charge in [0.15, 0.2) is 5.43 Å². The summed E-state index contributed by atoms with van der Waals surface area (Å²) in [4.78, 5) is 44.9. The van der Waals surface area contributed by atoms with Crippen molar-refractivity contribution >= 4 is 40.3 Å². The van der Waals surface area contributed by atoms with Crippen LogP contribution in [0.15, 0.2) is 69.9 Å². The van der Waals surface area contributed by atoms with E-state index in [1.165, 1.54) is 18.1 Å². The van der Waals surface area contributed by atoms with Crippen molar-refractivity contribution in [3.05, 3.63) is 104 Å². The summed E-state index contributed by atoms with van der Waals surface area (Å²) in [5, 5.41) is 0.666. The number of carbonyl (C=O) groups is 2. The van der Waals surface area contributed by atoms with Crippen LogP contribution >= 0.6 is 11.6 Å². The zero-order chi connectivity index (χ0) is 23.3. The van der Waals surface area contributed by atoms with Crippen molar-refractivity contribution < 1.29 is 18.7 Å². The Morgan fingerprint density at radius 3 is 2.55 bits per heavy atom. The van der Waals surface area contributed by atoms with Crippen molar-refractivity contribution in [1.82, 2.24) is 4.98 Å². The fourth-order valence-corrected chi connectivity index (χ4v) is 4.25. The van der Waals surface area contributed by atoms with Crippen molar-refractivity contribution in [2.75, 3.05) is 12.0 Å². The third-order valence-corrected chi connectivity index (χ3v) is 5.84. The van der Waals surface area contributed by atoms with Gasteiger partial charge in [0, 0.05) is 10.7 Å². The van der Waals surface area contributed by atoms with E-state index in [0.717, 1.165) is 0 Å². The van der Waals surface area contributed by atoms with E-state index < -0.39 is 17.9 Å². The number of methoxy groups -OCH3 is 1. The van der Waals surface area contributed by atoms with Crippen LogP contribution in [0.4, 0.5) is 5.82 Å². The smallest absolute Gasteiger partial charge is 0.337 e. The number of aryl methyl sites for hydroxylation is 1. The van der Waals surface area contributed by atoms with Crippen LogP contribution in [-0.4, -0.2) is 24.0 Å². The molecule has 0 N–H and O–H groups in total. The van der Waals surface area contributed by atoms with Gasteiger partial charge in [-0.3, -0.25) is 14.5 Å². The number of halogens is 1. The van der Waals surface area contributed by atoms with Crippen LogP contribution in [0.25, 0.3) is 11.0 Å². The summed E-state index contributed by atoms with van der Waals surface area (Å²) >= 11 is 6.11. The van der Waals surface area contributed by atoms with Gasteiger partial charge in [0.1, 0.15) is 11.4 Å². The van der Waals surface area contributed by atoms with Crippen LogP contribution in [0.1, 0.15) is 43.8 Å². The number of pyridine rings is 1. The molecule has 7 nitrogen and oxygen atoms in total. The Hall–Kier alpha value is -3.97. The van der Waals surface area contributed by atoms with Gasteiger partial charge in [0.2, 0.25) is 5.76 Å². The summed E-state index contributed by atoms with van der Waals surface area (Å²) in [6.45, 7) is 1.82. The van der Waals surface area contributed by atoms with Gasteiger partial charge in [-0.05, 0) is 55.0 Å². The molecule has 33 heavy (non-hydrogen) atoms. The molecule has 164 valence electrons. The van der Waals surface area contributed by atoms with E-state index in [1.807, 2.05) is 13.0 Å². The maximum absolute atomic E-state index is 13.6. The first-order chi connectivity index (χ1) is 15.9. The largest absolute Gasteiger partial charge is 0.465 e. The van der Waals surface area contributed by atoms with Crippen molar-refractivity contribution in [3.8, 4) is 0 Å². The Morgan fingerprint density at radius 1 is 1.09 bits per heavy atom. The molecule has 1 atom stereocenters. The predicted octanol–water partition coefficient (Wildman–Crippen LogP) is 4.69. The highest BCUT2D eigenvalue weighted by atomic mass is 35.5. The number of nitrogens with zero attached hydrogens (tertiary/aromatic N) is 2. The number of aromatic nitrogens is 1. The lowest BCUT2D eigenvalue weighted by molar-refractivity contribution is 0.0600. The minimum atomic E-state index is -0.798. The number of carbonyl (C=O) groups excluding carboxylic acids is 2. The summed E-state index contributed by atoms with van der Waals surface area (Å²) < 4.78 is 10.7. The Balaban J connectivity index is 1.77. The number of hydrogen-bond donors (Lipinski definition) is 0. The van der Waals surface area contributed by atoms with Crippen molar-refractivity contribution in [2.24, 2.45) is 0 Å². The fraction of sp³-hybridized carbons (Fsp3) is 0.120. The van der Waals surface area contributed by atoms with Gasteiger partial charge in [-0.1, -0.05) is 29.8 Å². The quantitative estimate of drug-likeness (QED) is 0.412. The summed E-state index contributed by atoms with van der Waals surface area (Å²) in [5.41, 5.74) is 1.81. The standard InChI is InChI=1S/C25H17ClN2O5/c1-13-4-3-5-19(27-13)28-21(14-6-8-15(9-7-14)25(31)32-2)20-22(29)17-12-16(26)10-11-18(17)33-23(20)24(28)30/h3-12,21H,1-2H3. The van der Waals surface area contributed by atoms with Gasteiger partial charge in [0.05, 0.1) is 29.7 Å². The van der Waals surface area contributed by atoms with Crippen molar-refractivity contribution in [1.29, 1.82) is 0 Å². The molecule has 4 aromatic rings. The predicted molar refractivity (Wildman–Crippen MR) is 123 cm³/mol. The Kier molecular flexibility index (Phi) is 4.98. The summed E-state index contributed by atoms with van der Waals surface area (Å²) in [6.07, 6.45) is 0. The highest BCUT2D eigenvalue weighted by Crippen LogP contribution is 2.40. The maximum Gasteiger partial charge on any atom is 0.337 e. The van der Waals surface area contributed by atoms with Gasteiger partial charge < -0.3 is 9.15 Å². The van der Waals surface area contributed by atoms with Crippen LogP contribution in [0.5, 0.6) is 0 Å². The Labute approximate surface area is 193 Å². The molecule has 1 amide bonds. The van der Waals surface area contributed by atoms with Crippen molar-refractivity contribution in [2.45, 2.75) is 13.0 Å². The molecule has 1 aliphatic heterocycles. The second-order valence-electron chi connectivity index (χ2n) is 7.64. The molecule has 8 heteroatoms. The highest BCUT2D eigenvalue weighted by molar-refractivity contribution is 6.31. The molecule has 0 aliphatic carbocycles. The van der Waals surface area contributed by atoms with Crippen LogP contribution < -0.4 is 10.3 Å². The molecule has 1 unspecified atom stereocenters. The molecular formula is C25H17ClN2O5. The first-order valence-electron chi connectivity index (χ1n) is 10.1. The lowest BCUT2D eigenvalue weighted by Gasteiger charge is -2.24. The summed E-state index contributed by atoms with van der Waals surface area (Å²) in [7, 11) is 1.30. The number of anilines is 1. The molecule has 3 heterocycles. The van der Waals surface area contributed by atoms with E-state index in [4.69, 9.17) is 20.8 Å².